The minimum absolute atomic E-state index is 0.0227. The Balaban J connectivity index is 2.15. The third-order valence-electron chi connectivity index (χ3n) is 4.15. The molecular formula is C20H26N2O4S. The highest BCUT2D eigenvalue weighted by atomic mass is 32.2. The number of benzene rings is 2. The summed E-state index contributed by atoms with van der Waals surface area (Å²) in [5.41, 5.74) is 2.20. The molecule has 6 nitrogen and oxygen atoms in total. The van der Waals surface area contributed by atoms with Crippen LogP contribution in [0.15, 0.2) is 48.5 Å². The third-order valence-corrected chi connectivity index (χ3v) is 5.33. The quantitative estimate of drug-likeness (QED) is 0.747. The molecule has 0 aliphatic rings. The number of methoxy groups -OCH3 is 1. The van der Waals surface area contributed by atoms with Gasteiger partial charge in [0.05, 0.1) is 19.1 Å². The molecule has 1 N–H and O–H groups in total. The van der Waals surface area contributed by atoms with Crippen LogP contribution in [0.5, 0.6) is 5.75 Å². The molecule has 0 atom stereocenters. The summed E-state index contributed by atoms with van der Waals surface area (Å²) in [7, 11) is -2.09. The Morgan fingerprint density at radius 3 is 2.37 bits per heavy atom. The van der Waals surface area contributed by atoms with Crippen LogP contribution >= 0.6 is 0 Å². The number of nitrogens with one attached hydrogen (secondary N) is 1. The summed E-state index contributed by atoms with van der Waals surface area (Å²) in [5, 5.41) is 2.89. The van der Waals surface area contributed by atoms with Gasteiger partial charge in [-0.05, 0) is 29.7 Å². The van der Waals surface area contributed by atoms with Gasteiger partial charge in [0, 0.05) is 18.7 Å². The minimum atomic E-state index is -3.57. The molecule has 0 unspecified atom stereocenters. The Morgan fingerprint density at radius 1 is 1.11 bits per heavy atom. The summed E-state index contributed by atoms with van der Waals surface area (Å²) in [6, 6.07) is 14.4. The summed E-state index contributed by atoms with van der Waals surface area (Å²) in [4.78, 5) is 12.4. The first-order valence-electron chi connectivity index (χ1n) is 8.73. The van der Waals surface area contributed by atoms with Crippen LogP contribution in [0.3, 0.4) is 0 Å². The fraction of sp³-hybridized carbons (Fsp3) is 0.350. The van der Waals surface area contributed by atoms with E-state index < -0.39 is 10.0 Å². The highest BCUT2D eigenvalue weighted by Gasteiger charge is 2.22. The average Bonchev–Trinajstić information content (AvgIpc) is 2.61. The van der Waals surface area contributed by atoms with Crippen molar-refractivity contribution in [1.29, 1.82) is 0 Å². The molecule has 146 valence electrons. The third kappa shape index (κ3) is 5.47. The van der Waals surface area contributed by atoms with Gasteiger partial charge in [0.2, 0.25) is 15.9 Å². The Labute approximate surface area is 161 Å². The molecule has 0 saturated carbocycles. The van der Waals surface area contributed by atoms with E-state index in [-0.39, 0.29) is 24.8 Å². The van der Waals surface area contributed by atoms with Crippen molar-refractivity contribution in [2.75, 3.05) is 29.5 Å². The molecule has 0 heterocycles. The standard InChI is InChI=1S/C20H26N2O4S/c1-15(2)16-9-5-6-10-17(16)21-20(23)13-14-22(27(4,24)25)18-11-7-8-12-19(18)26-3/h5-12,15H,13-14H2,1-4H3,(H,21,23). The number of para-hydroxylation sites is 3. The number of ether oxygens (including phenoxy) is 1. The van der Waals surface area contributed by atoms with E-state index in [0.717, 1.165) is 17.5 Å². The highest BCUT2D eigenvalue weighted by molar-refractivity contribution is 7.92. The molecule has 0 bridgehead atoms. The molecule has 0 fully saturated rings. The van der Waals surface area contributed by atoms with Gasteiger partial charge in [0.25, 0.3) is 0 Å². The molecule has 0 aliphatic heterocycles. The van der Waals surface area contributed by atoms with Crippen LogP contribution in [-0.4, -0.2) is 34.2 Å². The van der Waals surface area contributed by atoms with E-state index in [4.69, 9.17) is 4.74 Å². The first-order valence-corrected chi connectivity index (χ1v) is 10.6. The Kier molecular flexibility index (Phi) is 6.85. The predicted molar refractivity (Wildman–Crippen MR) is 109 cm³/mol. The van der Waals surface area contributed by atoms with Crippen molar-refractivity contribution in [2.24, 2.45) is 0 Å². The van der Waals surface area contributed by atoms with E-state index >= 15 is 0 Å². The lowest BCUT2D eigenvalue weighted by Crippen LogP contribution is -2.33. The predicted octanol–water partition coefficient (Wildman–Crippen LogP) is 3.61. The SMILES string of the molecule is COc1ccccc1N(CCC(=O)Nc1ccccc1C(C)C)S(C)(=O)=O. The zero-order chi connectivity index (χ0) is 20.0. The highest BCUT2D eigenvalue weighted by Crippen LogP contribution is 2.29. The molecule has 0 spiro atoms. The van der Waals surface area contributed by atoms with E-state index in [0.29, 0.717) is 11.4 Å². The molecule has 2 rings (SSSR count). The molecule has 27 heavy (non-hydrogen) atoms. The summed E-state index contributed by atoms with van der Waals surface area (Å²) >= 11 is 0. The number of carbonyl (C=O) groups is 1. The van der Waals surface area contributed by atoms with Gasteiger partial charge in [-0.3, -0.25) is 9.10 Å². The summed E-state index contributed by atoms with van der Waals surface area (Å²) in [5.74, 6) is 0.461. The van der Waals surface area contributed by atoms with Gasteiger partial charge in [-0.25, -0.2) is 8.42 Å². The molecular weight excluding hydrogens is 364 g/mol. The second kappa shape index (κ2) is 8.90. The van der Waals surface area contributed by atoms with Crippen LogP contribution in [0.25, 0.3) is 0 Å². The van der Waals surface area contributed by atoms with Crippen molar-refractivity contribution < 1.29 is 17.9 Å². The second-order valence-electron chi connectivity index (χ2n) is 6.55. The maximum atomic E-state index is 12.4. The number of anilines is 2. The molecule has 0 aromatic heterocycles. The number of carbonyl (C=O) groups excluding carboxylic acids is 1. The van der Waals surface area contributed by atoms with E-state index in [9.17, 15) is 13.2 Å². The van der Waals surface area contributed by atoms with Gasteiger partial charge in [-0.2, -0.15) is 0 Å². The van der Waals surface area contributed by atoms with Crippen molar-refractivity contribution in [3.63, 3.8) is 0 Å². The fourth-order valence-electron chi connectivity index (χ4n) is 2.83. The zero-order valence-electron chi connectivity index (χ0n) is 16.1. The molecule has 1 amide bonds. The van der Waals surface area contributed by atoms with Crippen LogP contribution < -0.4 is 14.4 Å². The lowest BCUT2D eigenvalue weighted by Gasteiger charge is -2.24. The van der Waals surface area contributed by atoms with Gasteiger partial charge in [-0.15, -0.1) is 0 Å². The normalized spacial score (nSPS) is 11.3. The van der Waals surface area contributed by atoms with E-state index in [1.165, 1.54) is 11.4 Å². The molecule has 2 aromatic carbocycles. The van der Waals surface area contributed by atoms with Crippen molar-refractivity contribution in [1.82, 2.24) is 0 Å². The molecule has 0 radical (unpaired) electrons. The zero-order valence-corrected chi connectivity index (χ0v) is 16.9. The maximum Gasteiger partial charge on any atom is 0.232 e. The Bertz CT molecular complexity index is 894. The lowest BCUT2D eigenvalue weighted by atomic mass is 10.0. The van der Waals surface area contributed by atoms with Crippen LogP contribution in [0, 0.1) is 0 Å². The van der Waals surface area contributed by atoms with Crippen LogP contribution in [0.1, 0.15) is 31.7 Å². The lowest BCUT2D eigenvalue weighted by molar-refractivity contribution is -0.116. The summed E-state index contributed by atoms with van der Waals surface area (Å²) in [6.45, 7) is 4.13. The van der Waals surface area contributed by atoms with Crippen molar-refractivity contribution in [2.45, 2.75) is 26.2 Å². The number of nitrogens with zero attached hydrogens (tertiary/aromatic N) is 1. The number of hydrogen-bond acceptors (Lipinski definition) is 4. The van der Waals surface area contributed by atoms with Crippen LogP contribution in [-0.2, 0) is 14.8 Å². The number of hydrogen-bond donors (Lipinski definition) is 1. The number of amides is 1. The molecule has 2 aromatic rings. The first-order chi connectivity index (χ1) is 12.7. The number of rotatable bonds is 8. The minimum Gasteiger partial charge on any atom is -0.495 e. The first kappa shape index (κ1) is 20.8. The van der Waals surface area contributed by atoms with Crippen LogP contribution in [0.4, 0.5) is 11.4 Å². The van der Waals surface area contributed by atoms with Crippen molar-refractivity contribution >= 4 is 27.3 Å². The van der Waals surface area contributed by atoms with Crippen molar-refractivity contribution in [3.8, 4) is 5.75 Å². The van der Waals surface area contributed by atoms with Gasteiger partial charge in [0.15, 0.2) is 0 Å². The van der Waals surface area contributed by atoms with E-state index in [1.54, 1.807) is 24.3 Å². The number of sulfonamides is 1. The maximum absolute atomic E-state index is 12.4. The molecule has 0 aliphatic carbocycles. The monoisotopic (exact) mass is 390 g/mol. The Morgan fingerprint density at radius 2 is 1.74 bits per heavy atom. The summed E-state index contributed by atoms with van der Waals surface area (Å²) < 4.78 is 31.0. The van der Waals surface area contributed by atoms with E-state index in [2.05, 4.69) is 19.2 Å². The fourth-order valence-corrected chi connectivity index (χ4v) is 3.76. The van der Waals surface area contributed by atoms with Crippen LogP contribution in [0.2, 0.25) is 0 Å². The van der Waals surface area contributed by atoms with Gasteiger partial charge < -0.3 is 10.1 Å². The Hall–Kier alpha value is -2.54. The topological polar surface area (TPSA) is 75.7 Å². The second-order valence-corrected chi connectivity index (χ2v) is 8.45. The van der Waals surface area contributed by atoms with E-state index in [1.807, 2.05) is 24.3 Å². The smallest absolute Gasteiger partial charge is 0.232 e. The summed E-state index contributed by atoms with van der Waals surface area (Å²) in [6.07, 6.45) is 1.14. The van der Waals surface area contributed by atoms with Gasteiger partial charge in [0.1, 0.15) is 5.75 Å². The average molecular weight is 391 g/mol. The largest absolute Gasteiger partial charge is 0.495 e. The van der Waals surface area contributed by atoms with Gasteiger partial charge in [-0.1, -0.05) is 44.2 Å². The molecule has 7 heteroatoms. The molecule has 0 saturated heterocycles. The van der Waals surface area contributed by atoms with Crippen molar-refractivity contribution in [3.05, 3.63) is 54.1 Å². The van der Waals surface area contributed by atoms with Gasteiger partial charge >= 0.3 is 0 Å².